The SMILES string of the molecule is O=C(NC1(CBr)CCCC1)c1cc(Br)cc([N+](=O)[O-])c1. The van der Waals surface area contributed by atoms with Gasteiger partial charge in [0, 0.05) is 27.5 Å². The fourth-order valence-corrected chi connectivity index (χ4v) is 3.65. The number of nitro groups is 1. The van der Waals surface area contributed by atoms with Crippen LogP contribution in [0.15, 0.2) is 22.7 Å². The molecule has 0 heterocycles. The standard InChI is InChI=1S/C13H14Br2N2O3/c14-8-13(3-1-2-4-13)16-12(18)9-5-10(15)7-11(6-9)17(19)20/h5-7H,1-4,8H2,(H,16,18). The smallest absolute Gasteiger partial charge is 0.271 e. The van der Waals surface area contributed by atoms with Crippen molar-refractivity contribution in [2.75, 3.05) is 5.33 Å². The molecule has 0 atom stereocenters. The van der Waals surface area contributed by atoms with E-state index in [4.69, 9.17) is 0 Å². The monoisotopic (exact) mass is 404 g/mol. The van der Waals surface area contributed by atoms with Gasteiger partial charge in [-0.3, -0.25) is 14.9 Å². The topological polar surface area (TPSA) is 72.2 Å². The Balaban J connectivity index is 2.22. The Kier molecular flexibility index (Phi) is 4.80. The molecule has 1 aromatic rings. The van der Waals surface area contributed by atoms with E-state index in [1.807, 2.05) is 0 Å². The highest BCUT2D eigenvalue weighted by molar-refractivity contribution is 9.10. The number of carbonyl (C=O) groups excluding carboxylic acids is 1. The minimum atomic E-state index is -0.503. The summed E-state index contributed by atoms with van der Waals surface area (Å²) in [5.74, 6) is -0.268. The summed E-state index contributed by atoms with van der Waals surface area (Å²) >= 11 is 6.65. The Bertz CT molecular complexity index is 542. The predicted octanol–water partition coefficient (Wildman–Crippen LogP) is 3.79. The number of non-ortho nitro benzene ring substituents is 1. The maximum Gasteiger partial charge on any atom is 0.271 e. The Hall–Kier alpha value is -0.950. The highest BCUT2D eigenvalue weighted by Gasteiger charge is 2.34. The van der Waals surface area contributed by atoms with Crippen molar-refractivity contribution in [2.45, 2.75) is 31.2 Å². The second-order valence-electron chi connectivity index (χ2n) is 5.03. The number of hydrogen-bond donors (Lipinski definition) is 1. The third-order valence-electron chi connectivity index (χ3n) is 3.55. The summed E-state index contributed by atoms with van der Waals surface area (Å²) in [6, 6.07) is 4.28. The van der Waals surface area contributed by atoms with Gasteiger partial charge in [0.1, 0.15) is 0 Å². The highest BCUT2D eigenvalue weighted by atomic mass is 79.9. The van der Waals surface area contributed by atoms with Crippen LogP contribution in [0, 0.1) is 10.1 Å². The van der Waals surface area contributed by atoms with Gasteiger partial charge in [0.15, 0.2) is 0 Å². The Labute approximate surface area is 133 Å². The third kappa shape index (κ3) is 3.38. The van der Waals surface area contributed by atoms with Crippen LogP contribution in [0.2, 0.25) is 0 Å². The first-order valence-corrected chi connectivity index (χ1v) is 8.21. The second-order valence-corrected chi connectivity index (χ2v) is 6.51. The average molecular weight is 406 g/mol. The molecule has 1 saturated carbocycles. The van der Waals surface area contributed by atoms with E-state index in [9.17, 15) is 14.9 Å². The number of carbonyl (C=O) groups is 1. The summed E-state index contributed by atoms with van der Waals surface area (Å²) in [5.41, 5.74) is -0.0177. The minimum absolute atomic E-state index is 0.0937. The van der Waals surface area contributed by atoms with Crippen LogP contribution < -0.4 is 5.32 Å². The number of hydrogen-bond acceptors (Lipinski definition) is 3. The summed E-state index contributed by atoms with van der Waals surface area (Å²) < 4.78 is 0.524. The van der Waals surface area contributed by atoms with Gasteiger partial charge in [-0.2, -0.15) is 0 Å². The largest absolute Gasteiger partial charge is 0.346 e. The van der Waals surface area contributed by atoms with Crippen LogP contribution in [-0.2, 0) is 0 Å². The van der Waals surface area contributed by atoms with E-state index < -0.39 is 4.92 Å². The normalized spacial score (nSPS) is 16.9. The number of nitro benzene ring substituents is 1. The quantitative estimate of drug-likeness (QED) is 0.470. The van der Waals surface area contributed by atoms with Crippen molar-refractivity contribution in [3.8, 4) is 0 Å². The molecule has 5 nitrogen and oxygen atoms in total. The lowest BCUT2D eigenvalue weighted by Crippen LogP contribution is -2.47. The van der Waals surface area contributed by atoms with Gasteiger partial charge in [-0.1, -0.05) is 44.7 Å². The molecule has 0 bridgehead atoms. The van der Waals surface area contributed by atoms with Crippen molar-refractivity contribution in [1.29, 1.82) is 0 Å². The molecular formula is C13H14Br2N2O3. The van der Waals surface area contributed by atoms with Gasteiger partial charge in [0.2, 0.25) is 0 Å². The molecule has 1 aliphatic rings. The first kappa shape index (κ1) is 15.4. The summed E-state index contributed by atoms with van der Waals surface area (Å²) in [7, 11) is 0. The van der Waals surface area contributed by atoms with Crippen LogP contribution in [0.3, 0.4) is 0 Å². The molecule has 0 unspecified atom stereocenters. The third-order valence-corrected chi connectivity index (χ3v) is 5.08. The molecular weight excluding hydrogens is 392 g/mol. The molecule has 7 heteroatoms. The summed E-state index contributed by atoms with van der Waals surface area (Å²) in [5, 5.41) is 14.6. The molecule has 20 heavy (non-hydrogen) atoms. The zero-order chi connectivity index (χ0) is 14.8. The van der Waals surface area contributed by atoms with Crippen molar-refractivity contribution in [3.05, 3.63) is 38.3 Å². The molecule has 1 aromatic carbocycles. The molecule has 0 aliphatic heterocycles. The molecule has 0 aromatic heterocycles. The van der Waals surface area contributed by atoms with Crippen LogP contribution in [0.4, 0.5) is 5.69 Å². The first-order valence-electron chi connectivity index (χ1n) is 6.29. The zero-order valence-electron chi connectivity index (χ0n) is 10.7. The number of alkyl halides is 1. The lowest BCUT2D eigenvalue weighted by Gasteiger charge is -2.28. The molecule has 1 aliphatic carbocycles. The summed E-state index contributed by atoms with van der Waals surface area (Å²) in [6.07, 6.45) is 4.04. The van der Waals surface area contributed by atoms with Gasteiger partial charge in [-0.05, 0) is 18.9 Å². The molecule has 1 N–H and O–H groups in total. The first-order chi connectivity index (χ1) is 9.46. The van der Waals surface area contributed by atoms with E-state index in [1.165, 1.54) is 12.1 Å². The molecule has 2 rings (SSSR count). The van der Waals surface area contributed by atoms with E-state index in [2.05, 4.69) is 37.2 Å². The molecule has 108 valence electrons. The number of halogens is 2. The van der Waals surface area contributed by atoms with E-state index in [0.29, 0.717) is 15.4 Å². The summed E-state index contributed by atoms with van der Waals surface area (Å²) in [4.78, 5) is 22.7. The maximum atomic E-state index is 12.3. The van der Waals surface area contributed by atoms with Crippen LogP contribution in [0.25, 0.3) is 0 Å². The Morgan fingerprint density at radius 3 is 2.55 bits per heavy atom. The van der Waals surface area contributed by atoms with Crippen LogP contribution in [-0.4, -0.2) is 21.7 Å². The van der Waals surface area contributed by atoms with Gasteiger partial charge >= 0.3 is 0 Å². The number of amides is 1. The van der Waals surface area contributed by atoms with E-state index in [1.54, 1.807) is 6.07 Å². The molecule has 0 saturated heterocycles. The molecule has 0 spiro atoms. The van der Waals surface area contributed by atoms with Gasteiger partial charge < -0.3 is 5.32 Å². The van der Waals surface area contributed by atoms with E-state index >= 15 is 0 Å². The highest BCUT2D eigenvalue weighted by Crippen LogP contribution is 2.32. The fraction of sp³-hybridized carbons (Fsp3) is 0.462. The molecule has 1 fully saturated rings. The summed E-state index contributed by atoms with van der Waals surface area (Å²) in [6.45, 7) is 0. The van der Waals surface area contributed by atoms with Gasteiger partial charge in [-0.15, -0.1) is 0 Å². The maximum absolute atomic E-state index is 12.3. The van der Waals surface area contributed by atoms with Gasteiger partial charge in [0.05, 0.1) is 10.5 Å². The van der Waals surface area contributed by atoms with E-state index in [0.717, 1.165) is 25.7 Å². The lowest BCUT2D eigenvalue weighted by atomic mass is 10.00. The lowest BCUT2D eigenvalue weighted by molar-refractivity contribution is -0.385. The van der Waals surface area contributed by atoms with Crippen LogP contribution in [0.1, 0.15) is 36.0 Å². The van der Waals surface area contributed by atoms with Crippen molar-refractivity contribution in [2.24, 2.45) is 0 Å². The number of benzene rings is 1. The van der Waals surface area contributed by atoms with Crippen LogP contribution >= 0.6 is 31.9 Å². The van der Waals surface area contributed by atoms with E-state index in [-0.39, 0.29) is 17.1 Å². The fourth-order valence-electron chi connectivity index (χ4n) is 2.47. The molecule has 0 radical (unpaired) electrons. The predicted molar refractivity (Wildman–Crippen MR) is 83.3 cm³/mol. The van der Waals surface area contributed by atoms with Crippen molar-refractivity contribution in [3.63, 3.8) is 0 Å². The number of nitrogens with zero attached hydrogens (tertiary/aromatic N) is 1. The Morgan fingerprint density at radius 1 is 1.35 bits per heavy atom. The van der Waals surface area contributed by atoms with Crippen molar-refractivity contribution in [1.82, 2.24) is 5.32 Å². The van der Waals surface area contributed by atoms with Crippen LogP contribution in [0.5, 0.6) is 0 Å². The zero-order valence-corrected chi connectivity index (χ0v) is 13.9. The molecule has 1 amide bonds. The number of nitrogens with one attached hydrogen (secondary N) is 1. The van der Waals surface area contributed by atoms with Crippen molar-refractivity contribution < 1.29 is 9.72 Å². The van der Waals surface area contributed by atoms with Gasteiger partial charge in [0.25, 0.3) is 11.6 Å². The second kappa shape index (κ2) is 6.22. The minimum Gasteiger partial charge on any atom is -0.346 e. The van der Waals surface area contributed by atoms with Crippen molar-refractivity contribution >= 4 is 43.5 Å². The number of rotatable bonds is 4. The van der Waals surface area contributed by atoms with Gasteiger partial charge in [-0.25, -0.2) is 0 Å². The Morgan fingerprint density at radius 2 is 2.00 bits per heavy atom. The average Bonchev–Trinajstić information content (AvgIpc) is 2.87.